The van der Waals surface area contributed by atoms with Gasteiger partial charge in [0.25, 0.3) is 0 Å². The zero-order chi connectivity index (χ0) is 37.0. The highest BCUT2D eigenvalue weighted by Crippen LogP contribution is 2.39. The van der Waals surface area contributed by atoms with Gasteiger partial charge >= 0.3 is 0 Å². The van der Waals surface area contributed by atoms with Gasteiger partial charge in [-0.25, -0.2) is 4.99 Å². The summed E-state index contributed by atoms with van der Waals surface area (Å²) in [6, 6.07) is 60.2. The summed E-state index contributed by atoms with van der Waals surface area (Å²) in [6.45, 7) is 0. The van der Waals surface area contributed by atoms with E-state index in [2.05, 4.69) is 191 Å². The normalized spacial score (nSPS) is 18.3. The molecule has 1 aliphatic heterocycles. The molecule has 0 radical (unpaired) electrons. The van der Waals surface area contributed by atoms with Gasteiger partial charge in [-0.1, -0.05) is 146 Å². The zero-order valence-electron chi connectivity index (χ0n) is 30.6. The van der Waals surface area contributed by atoms with Gasteiger partial charge < -0.3 is 14.3 Å². The maximum Gasteiger partial charge on any atom is 0.143 e. The fraction of sp³-hybridized carbons (Fsp3) is 0.0784. The van der Waals surface area contributed by atoms with Crippen molar-refractivity contribution in [2.75, 3.05) is 0 Å². The molecule has 0 saturated heterocycles. The summed E-state index contributed by atoms with van der Waals surface area (Å²) in [4.78, 5) is 5.26. The first-order chi connectivity index (χ1) is 27.7. The van der Waals surface area contributed by atoms with Crippen LogP contribution in [-0.4, -0.2) is 16.6 Å². The molecule has 9 aromatic rings. The second-order valence-corrected chi connectivity index (χ2v) is 14.8. The number of allylic oxidation sites excluding steroid dienone is 3. The van der Waals surface area contributed by atoms with E-state index < -0.39 is 0 Å². The lowest BCUT2D eigenvalue weighted by Gasteiger charge is -2.36. The van der Waals surface area contributed by atoms with Gasteiger partial charge in [-0.15, -0.1) is 0 Å². The Morgan fingerprint density at radius 1 is 0.589 bits per heavy atom. The smallest absolute Gasteiger partial charge is 0.143 e. The highest BCUT2D eigenvalue weighted by atomic mass is 16.3. The van der Waals surface area contributed by atoms with Crippen LogP contribution in [0.2, 0.25) is 0 Å². The van der Waals surface area contributed by atoms with E-state index in [9.17, 15) is 0 Å². The molecular formula is C51H38N4O. The molecule has 0 fully saturated rings. The fourth-order valence-corrected chi connectivity index (χ4v) is 8.68. The predicted molar refractivity (Wildman–Crippen MR) is 231 cm³/mol. The van der Waals surface area contributed by atoms with Crippen LogP contribution < -0.4 is 10.6 Å². The van der Waals surface area contributed by atoms with Crippen LogP contribution in [0.25, 0.3) is 66.1 Å². The van der Waals surface area contributed by atoms with Gasteiger partial charge in [0.15, 0.2) is 0 Å². The van der Waals surface area contributed by atoms with Crippen LogP contribution in [0.4, 0.5) is 0 Å². The topological polar surface area (TPSA) is 54.5 Å². The highest BCUT2D eigenvalue weighted by molar-refractivity contribution is 6.13. The SMILES string of the molecule is C1=CC(c2ccccc2)=CC(C2NC(c3ccc(-n4c5ccccc5c5ccc(-c6cccc7c6oc6ccccc67)cc54)cc3)=NC(c3ccccc3)N2)C1. The van der Waals surface area contributed by atoms with Gasteiger partial charge in [0.2, 0.25) is 0 Å². The molecule has 1 aliphatic carbocycles. The Kier molecular flexibility index (Phi) is 7.78. The van der Waals surface area contributed by atoms with E-state index in [0.29, 0.717) is 0 Å². The maximum atomic E-state index is 6.47. The van der Waals surface area contributed by atoms with E-state index in [1.54, 1.807) is 0 Å². The Morgan fingerprint density at radius 3 is 2.16 bits per heavy atom. The van der Waals surface area contributed by atoms with Crippen molar-refractivity contribution in [2.45, 2.75) is 18.8 Å². The molecule has 3 unspecified atom stereocenters. The molecule has 56 heavy (non-hydrogen) atoms. The van der Waals surface area contributed by atoms with Crippen molar-refractivity contribution in [1.29, 1.82) is 0 Å². The van der Waals surface area contributed by atoms with Crippen molar-refractivity contribution < 1.29 is 4.42 Å². The maximum absolute atomic E-state index is 6.47. The second-order valence-electron chi connectivity index (χ2n) is 14.8. The molecule has 0 spiro atoms. The van der Waals surface area contributed by atoms with E-state index in [0.717, 1.165) is 67.7 Å². The molecule has 5 heteroatoms. The molecule has 3 atom stereocenters. The van der Waals surface area contributed by atoms with E-state index in [-0.39, 0.29) is 18.2 Å². The molecule has 0 amide bonds. The minimum absolute atomic E-state index is 0.0111. The van der Waals surface area contributed by atoms with Crippen LogP contribution in [0, 0.1) is 5.92 Å². The Balaban J connectivity index is 0.982. The number of hydrogen-bond acceptors (Lipinski definition) is 4. The number of amidine groups is 1. The predicted octanol–water partition coefficient (Wildman–Crippen LogP) is 12.0. The average molecular weight is 723 g/mol. The van der Waals surface area contributed by atoms with Crippen LogP contribution in [0.15, 0.2) is 197 Å². The number of benzene rings is 7. The number of fused-ring (bicyclic) bond motifs is 6. The standard InChI is InChI=1S/C51H38N4O/c1-3-13-33(14-4-1)36-17-11-18-38(31-36)51-53-49(34-15-5-2-6-16-34)52-50(54-51)35-25-28-39(29-26-35)55-45-23-9-7-19-41(45)42-30-27-37(32-46(42)55)40-21-12-22-44-43-20-8-10-24-47(43)56-48(40)44/h1-17,19-32,38,49,51,53H,18H2,(H,52,54). The minimum Gasteiger partial charge on any atom is -0.455 e. The lowest BCUT2D eigenvalue weighted by molar-refractivity contribution is 0.329. The number of hydrogen-bond donors (Lipinski definition) is 2. The summed E-state index contributed by atoms with van der Waals surface area (Å²) in [5.74, 6) is 1.13. The Bertz CT molecular complexity index is 3010. The van der Waals surface area contributed by atoms with E-state index in [4.69, 9.17) is 9.41 Å². The van der Waals surface area contributed by atoms with E-state index in [1.807, 2.05) is 12.1 Å². The second kappa shape index (κ2) is 13.4. The van der Waals surface area contributed by atoms with Crippen LogP contribution in [0.1, 0.15) is 29.3 Å². The number of rotatable bonds is 6. The van der Waals surface area contributed by atoms with Gasteiger partial charge in [-0.2, -0.15) is 0 Å². The monoisotopic (exact) mass is 722 g/mol. The largest absolute Gasteiger partial charge is 0.455 e. The summed E-state index contributed by atoms with van der Waals surface area (Å²) in [5.41, 5.74) is 12.1. The summed E-state index contributed by atoms with van der Waals surface area (Å²) >= 11 is 0. The van der Waals surface area contributed by atoms with Crippen LogP contribution in [0.5, 0.6) is 0 Å². The quantitative estimate of drug-likeness (QED) is 0.180. The zero-order valence-corrected chi connectivity index (χ0v) is 30.6. The third-order valence-corrected chi connectivity index (χ3v) is 11.4. The van der Waals surface area contributed by atoms with Crippen molar-refractivity contribution in [3.05, 3.63) is 205 Å². The molecule has 268 valence electrons. The molecule has 2 N–H and O–H groups in total. The fourth-order valence-electron chi connectivity index (χ4n) is 8.68. The van der Waals surface area contributed by atoms with Gasteiger partial charge in [0.1, 0.15) is 23.2 Å². The number of furan rings is 1. The number of aromatic nitrogens is 1. The van der Waals surface area contributed by atoms with Crippen LogP contribution >= 0.6 is 0 Å². The van der Waals surface area contributed by atoms with Crippen LogP contribution in [-0.2, 0) is 0 Å². The van der Waals surface area contributed by atoms with Gasteiger partial charge in [-0.3, -0.25) is 5.32 Å². The third kappa shape index (κ3) is 5.55. The molecule has 0 bridgehead atoms. The Labute approximate surface area is 324 Å². The van der Waals surface area contributed by atoms with Gasteiger partial charge in [0, 0.05) is 44.3 Å². The highest BCUT2D eigenvalue weighted by Gasteiger charge is 2.30. The molecule has 5 nitrogen and oxygen atoms in total. The van der Waals surface area contributed by atoms with Gasteiger partial charge in [0.05, 0.1) is 17.2 Å². The number of para-hydroxylation sites is 3. The summed E-state index contributed by atoms with van der Waals surface area (Å²) in [6.07, 6.45) is 7.69. The van der Waals surface area contributed by atoms with Crippen molar-refractivity contribution in [3.63, 3.8) is 0 Å². The lowest BCUT2D eigenvalue weighted by Crippen LogP contribution is -2.54. The minimum atomic E-state index is -0.177. The molecule has 0 saturated carbocycles. The van der Waals surface area contributed by atoms with E-state index in [1.165, 1.54) is 27.4 Å². The first-order valence-electron chi connectivity index (χ1n) is 19.4. The molecule has 2 aliphatic rings. The Hall–Kier alpha value is -6.95. The Morgan fingerprint density at radius 2 is 1.30 bits per heavy atom. The van der Waals surface area contributed by atoms with Crippen molar-refractivity contribution >= 4 is 55.2 Å². The van der Waals surface area contributed by atoms with Crippen molar-refractivity contribution in [3.8, 4) is 16.8 Å². The van der Waals surface area contributed by atoms with Crippen molar-refractivity contribution in [2.24, 2.45) is 10.9 Å². The van der Waals surface area contributed by atoms with E-state index >= 15 is 0 Å². The summed E-state index contributed by atoms with van der Waals surface area (Å²) < 4.78 is 8.85. The summed E-state index contributed by atoms with van der Waals surface area (Å²) in [5, 5.41) is 12.4. The number of nitrogens with one attached hydrogen (secondary N) is 2. The number of nitrogens with zero attached hydrogens (tertiary/aromatic N) is 2. The lowest BCUT2D eigenvalue weighted by atomic mass is 9.89. The molecule has 11 rings (SSSR count). The molecule has 3 heterocycles. The van der Waals surface area contributed by atoms with Crippen LogP contribution in [0.3, 0.4) is 0 Å². The molecular weight excluding hydrogens is 685 g/mol. The number of aliphatic imine (C=N–C) groups is 1. The van der Waals surface area contributed by atoms with Gasteiger partial charge in [-0.05, 0) is 71.1 Å². The molecule has 2 aromatic heterocycles. The molecule has 7 aromatic carbocycles. The average Bonchev–Trinajstić information content (AvgIpc) is 3.83. The third-order valence-electron chi connectivity index (χ3n) is 11.4. The first kappa shape index (κ1) is 32.5. The first-order valence-corrected chi connectivity index (χ1v) is 19.4. The van der Waals surface area contributed by atoms with Crippen molar-refractivity contribution in [1.82, 2.24) is 15.2 Å². The summed E-state index contributed by atoms with van der Waals surface area (Å²) in [7, 11) is 0.